The minimum Gasteiger partial charge on any atom is -0.348 e. The van der Waals surface area contributed by atoms with Gasteiger partial charge in [0.2, 0.25) is 0 Å². The molecule has 3 heterocycles. The lowest BCUT2D eigenvalue weighted by Crippen LogP contribution is -2.34. The van der Waals surface area contributed by atoms with Crippen molar-refractivity contribution in [3.63, 3.8) is 0 Å². The molecule has 2 N–H and O–H groups in total. The number of hydrogen-bond acceptors (Lipinski definition) is 3. The number of imidazole rings is 2. The third-order valence-corrected chi connectivity index (χ3v) is 4.48. The fourth-order valence-corrected chi connectivity index (χ4v) is 3.36. The molecule has 0 aliphatic carbocycles. The van der Waals surface area contributed by atoms with Crippen LogP contribution in [0.15, 0.2) is 30.6 Å². The maximum atomic E-state index is 4.80. The third-order valence-electron chi connectivity index (χ3n) is 4.48. The van der Waals surface area contributed by atoms with Gasteiger partial charge in [-0.15, -0.1) is 0 Å². The van der Waals surface area contributed by atoms with Gasteiger partial charge < -0.3 is 9.97 Å². The molecule has 1 saturated heterocycles. The number of nitrogens with one attached hydrogen (secondary N) is 2. The van der Waals surface area contributed by atoms with Crippen molar-refractivity contribution in [2.75, 3.05) is 13.1 Å². The van der Waals surface area contributed by atoms with Gasteiger partial charge in [0.1, 0.15) is 11.6 Å². The van der Waals surface area contributed by atoms with E-state index in [1.165, 1.54) is 18.4 Å². The van der Waals surface area contributed by atoms with Gasteiger partial charge in [0.25, 0.3) is 0 Å². The molecule has 0 unspecified atom stereocenters. The lowest BCUT2D eigenvalue weighted by molar-refractivity contribution is 0.193. The standard InChI is InChI=1S/C17H21N5/c1-12-4-5-14-15(9-12)21-17(20-14)13-3-2-8-22(10-13)11-16-18-6-7-19-16/h4-7,9,13H,2-3,8,10-11H2,1H3,(H,18,19)(H,20,21)/t13-/m0/s1. The summed E-state index contributed by atoms with van der Waals surface area (Å²) in [4.78, 5) is 18.3. The number of piperidine rings is 1. The van der Waals surface area contributed by atoms with Crippen molar-refractivity contribution in [2.24, 2.45) is 0 Å². The zero-order valence-electron chi connectivity index (χ0n) is 12.8. The molecular weight excluding hydrogens is 274 g/mol. The summed E-state index contributed by atoms with van der Waals surface area (Å²) in [5, 5.41) is 0. The highest BCUT2D eigenvalue weighted by molar-refractivity contribution is 5.75. The van der Waals surface area contributed by atoms with E-state index < -0.39 is 0 Å². The van der Waals surface area contributed by atoms with Gasteiger partial charge in [-0.3, -0.25) is 4.90 Å². The van der Waals surface area contributed by atoms with Crippen LogP contribution in [0.2, 0.25) is 0 Å². The molecule has 0 amide bonds. The van der Waals surface area contributed by atoms with Gasteiger partial charge in [-0.2, -0.15) is 0 Å². The van der Waals surface area contributed by atoms with Gasteiger partial charge in [-0.1, -0.05) is 6.07 Å². The lowest BCUT2D eigenvalue weighted by Gasteiger charge is -2.31. The molecule has 5 heteroatoms. The van der Waals surface area contributed by atoms with Crippen molar-refractivity contribution in [2.45, 2.75) is 32.2 Å². The number of H-pyrrole nitrogens is 2. The number of rotatable bonds is 3. The Kier molecular flexibility index (Phi) is 3.42. The van der Waals surface area contributed by atoms with Crippen LogP contribution >= 0.6 is 0 Å². The molecule has 0 spiro atoms. The summed E-state index contributed by atoms with van der Waals surface area (Å²) >= 11 is 0. The first-order valence-electron chi connectivity index (χ1n) is 7.95. The number of aromatic amines is 2. The first-order chi connectivity index (χ1) is 10.8. The van der Waals surface area contributed by atoms with Crippen LogP contribution in [-0.2, 0) is 6.54 Å². The van der Waals surface area contributed by atoms with Crippen molar-refractivity contribution >= 4 is 11.0 Å². The third kappa shape index (κ3) is 2.64. The Morgan fingerprint density at radius 2 is 2.32 bits per heavy atom. The van der Waals surface area contributed by atoms with E-state index in [1.807, 2.05) is 12.4 Å². The zero-order valence-corrected chi connectivity index (χ0v) is 12.8. The Bertz CT molecular complexity index is 759. The van der Waals surface area contributed by atoms with E-state index in [1.54, 1.807) is 0 Å². The summed E-state index contributed by atoms with van der Waals surface area (Å²) in [5.41, 5.74) is 3.49. The van der Waals surface area contributed by atoms with E-state index >= 15 is 0 Å². The summed E-state index contributed by atoms with van der Waals surface area (Å²) in [5.74, 6) is 2.65. The second-order valence-electron chi connectivity index (χ2n) is 6.25. The summed E-state index contributed by atoms with van der Waals surface area (Å²) in [7, 11) is 0. The minimum atomic E-state index is 0.483. The second-order valence-corrected chi connectivity index (χ2v) is 6.25. The molecule has 0 radical (unpaired) electrons. The predicted octanol–water partition coefficient (Wildman–Crippen LogP) is 2.97. The number of nitrogens with zero attached hydrogens (tertiary/aromatic N) is 3. The zero-order chi connectivity index (χ0) is 14.9. The fourth-order valence-electron chi connectivity index (χ4n) is 3.36. The average Bonchev–Trinajstić information content (AvgIpc) is 3.16. The van der Waals surface area contributed by atoms with Gasteiger partial charge in [0.05, 0.1) is 17.6 Å². The molecule has 1 aliphatic rings. The van der Waals surface area contributed by atoms with Crippen molar-refractivity contribution in [3.8, 4) is 0 Å². The number of fused-ring (bicyclic) bond motifs is 1. The molecule has 3 aromatic rings. The van der Waals surface area contributed by atoms with Crippen molar-refractivity contribution in [1.82, 2.24) is 24.8 Å². The molecule has 1 aromatic carbocycles. The van der Waals surface area contributed by atoms with E-state index in [9.17, 15) is 0 Å². The van der Waals surface area contributed by atoms with Gasteiger partial charge >= 0.3 is 0 Å². The average molecular weight is 295 g/mol. The normalized spacial score (nSPS) is 19.8. The van der Waals surface area contributed by atoms with Gasteiger partial charge in [-0.05, 0) is 44.0 Å². The van der Waals surface area contributed by atoms with Gasteiger partial charge in [-0.25, -0.2) is 9.97 Å². The molecule has 1 aliphatic heterocycles. The maximum Gasteiger partial charge on any atom is 0.120 e. The maximum absolute atomic E-state index is 4.80. The molecule has 0 saturated carbocycles. The van der Waals surface area contributed by atoms with Crippen LogP contribution in [0.25, 0.3) is 11.0 Å². The lowest BCUT2D eigenvalue weighted by atomic mass is 9.97. The highest BCUT2D eigenvalue weighted by Gasteiger charge is 2.24. The highest BCUT2D eigenvalue weighted by Crippen LogP contribution is 2.27. The molecule has 4 rings (SSSR count). The van der Waals surface area contributed by atoms with Crippen molar-refractivity contribution in [3.05, 3.63) is 47.8 Å². The topological polar surface area (TPSA) is 60.6 Å². The number of hydrogen-bond donors (Lipinski definition) is 2. The van der Waals surface area contributed by atoms with Crippen molar-refractivity contribution in [1.29, 1.82) is 0 Å². The smallest absolute Gasteiger partial charge is 0.120 e. The summed E-state index contributed by atoms with van der Waals surface area (Å²) in [6.07, 6.45) is 6.12. The van der Waals surface area contributed by atoms with E-state index in [-0.39, 0.29) is 0 Å². The molecule has 1 fully saturated rings. The SMILES string of the molecule is Cc1ccc2nc([C@H]3CCCN(Cc4ncc[nH]4)C3)[nH]c2c1. The first kappa shape index (κ1) is 13.5. The van der Waals surface area contributed by atoms with Crippen LogP contribution in [0.5, 0.6) is 0 Å². The van der Waals surface area contributed by atoms with Crippen LogP contribution in [0.3, 0.4) is 0 Å². The van der Waals surface area contributed by atoms with Crippen LogP contribution in [0, 0.1) is 6.92 Å². The molecule has 1 atom stereocenters. The molecule has 2 aromatic heterocycles. The summed E-state index contributed by atoms with van der Waals surface area (Å²) in [6, 6.07) is 6.40. The van der Waals surface area contributed by atoms with Gasteiger partial charge in [0, 0.05) is 24.9 Å². The monoisotopic (exact) mass is 295 g/mol. The predicted molar refractivity (Wildman–Crippen MR) is 86.7 cm³/mol. The van der Waals surface area contributed by atoms with Crippen LogP contribution in [0.4, 0.5) is 0 Å². The second kappa shape index (κ2) is 5.57. The highest BCUT2D eigenvalue weighted by atomic mass is 15.2. The minimum absolute atomic E-state index is 0.483. The van der Waals surface area contributed by atoms with Crippen LogP contribution in [-0.4, -0.2) is 37.9 Å². The Hall–Kier alpha value is -2.14. The molecular formula is C17H21N5. The van der Waals surface area contributed by atoms with E-state index in [2.05, 4.69) is 45.0 Å². The number of likely N-dealkylation sites (tertiary alicyclic amines) is 1. The van der Waals surface area contributed by atoms with Crippen molar-refractivity contribution < 1.29 is 0 Å². The molecule has 22 heavy (non-hydrogen) atoms. The molecule has 0 bridgehead atoms. The van der Waals surface area contributed by atoms with E-state index in [0.717, 1.165) is 42.3 Å². The van der Waals surface area contributed by atoms with Gasteiger partial charge in [0.15, 0.2) is 0 Å². The number of aryl methyl sites for hydroxylation is 1. The van der Waals surface area contributed by atoms with Crippen LogP contribution < -0.4 is 0 Å². The molecule has 114 valence electrons. The van der Waals surface area contributed by atoms with E-state index in [0.29, 0.717) is 5.92 Å². The number of benzene rings is 1. The Balaban J connectivity index is 1.53. The Morgan fingerprint density at radius 3 is 3.18 bits per heavy atom. The van der Waals surface area contributed by atoms with E-state index in [4.69, 9.17) is 4.98 Å². The summed E-state index contributed by atoms with van der Waals surface area (Å²) < 4.78 is 0. The number of aromatic nitrogens is 4. The summed E-state index contributed by atoms with van der Waals surface area (Å²) in [6.45, 7) is 5.19. The first-order valence-corrected chi connectivity index (χ1v) is 7.95. The fraction of sp³-hybridized carbons (Fsp3) is 0.412. The van der Waals surface area contributed by atoms with Crippen LogP contribution in [0.1, 0.15) is 36.0 Å². The largest absolute Gasteiger partial charge is 0.348 e. The Morgan fingerprint density at radius 1 is 1.36 bits per heavy atom. The Labute approximate surface area is 129 Å². The quantitative estimate of drug-likeness (QED) is 0.781. The molecule has 5 nitrogen and oxygen atoms in total.